The van der Waals surface area contributed by atoms with Crippen LogP contribution in [0.15, 0.2) is 68.9 Å². The number of alkyl carbamates (subject to hydrolysis) is 1. The van der Waals surface area contributed by atoms with E-state index in [0.717, 1.165) is 0 Å². The zero-order chi connectivity index (χ0) is 28.1. The molecular weight excluding hydrogens is 526 g/mol. The van der Waals surface area contributed by atoms with Gasteiger partial charge < -0.3 is 25.5 Å². The second kappa shape index (κ2) is 15.3. The molecule has 1 amide bonds. The van der Waals surface area contributed by atoms with E-state index in [1.54, 1.807) is 19.3 Å². The number of hydrogen-bond donors (Lipinski definition) is 4. The molecule has 0 aliphatic carbocycles. The van der Waals surface area contributed by atoms with E-state index >= 15 is 0 Å². The maximum Gasteiger partial charge on any atom is 0.407 e. The molecule has 12 heteroatoms. The number of rotatable bonds is 11. The molecule has 0 aliphatic heterocycles. The first kappa shape index (κ1) is 31.0. The molecule has 1 aromatic heterocycles. The molecule has 1 heterocycles. The smallest absolute Gasteiger partial charge is 0.407 e. The van der Waals surface area contributed by atoms with E-state index in [1.165, 1.54) is 22.0 Å². The van der Waals surface area contributed by atoms with Crippen molar-refractivity contribution >= 4 is 45.9 Å². The molecule has 0 radical (unpaired) electrons. The minimum Gasteiger partial charge on any atom is -0.444 e. The molecule has 3 aromatic rings. The van der Waals surface area contributed by atoms with Gasteiger partial charge in [0.25, 0.3) is 6.01 Å². The molecule has 0 saturated carbocycles. The minimum atomic E-state index is -3.77. The summed E-state index contributed by atoms with van der Waals surface area (Å²) in [6.45, 7) is 6.82. The summed E-state index contributed by atoms with van der Waals surface area (Å²) in [5.74, 6) is 0.116. The van der Waals surface area contributed by atoms with Crippen molar-refractivity contribution in [2.24, 2.45) is 5.92 Å². The van der Waals surface area contributed by atoms with Crippen LogP contribution in [0, 0.1) is 12.8 Å². The number of sulfonamides is 1. The molecule has 0 aliphatic rings. The van der Waals surface area contributed by atoms with Crippen LogP contribution in [-0.4, -0.2) is 57.1 Å². The summed E-state index contributed by atoms with van der Waals surface area (Å²) in [6, 6.07) is 14.7. The number of aromatic nitrogens is 1. The fourth-order valence-electron chi connectivity index (χ4n) is 3.33. The number of hydrogen-bond acceptors (Lipinski definition) is 9. The fraction of sp³-hybridized carbons (Fsp3) is 0.385. The van der Waals surface area contributed by atoms with Gasteiger partial charge in [0.05, 0.1) is 4.90 Å². The highest BCUT2D eigenvalue weighted by molar-refractivity contribution is 7.89. The van der Waals surface area contributed by atoms with Crippen molar-refractivity contribution in [2.45, 2.75) is 32.1 Å². The second-order valence-electron chi connectivity index (χ2n) is 8.87. The maximum absolute atomic E-state index is 13.2. The Kier molecular flexibility index (Phi) is 12.4. The molecule has 0 bridgehead atoms. The van der Waals surface area contributed by atoms with Gasteiger partial charge in [-0.05, 0) is 31.4 Å². The third-order valence-corrected chi connectivity index (χ3v) is 7.16. The fourth-order valence-corrected chi connectivity index (χ4v) is 5.18. The number of oxazole rings is 1. The second-order valence-corrected chi connectivity index (χ2v) is 11.4. The quantitative estimate of drug-likeness (QED) is 0.201. The highest BCUT2D eigenvalue weighted by atomic mass is 32.2. The number of carbonyl (C=O) groups is 1. The molecule has 38 heavy (non-hydrogen) atoms. The molecule has 0 spiro atoms. The number of nitrogen functional groups attached to an aromatic ring is 1. The monoisotopic (exact) mass is 563 g/mol. The summed E-state index contributed by atoms with van der Waals surface area (Å²) >= 11 is 4.15. The number of thiol groups is 1. The highest BCUT2D eigenvalue weighted by Gasteiger charge is 2.26. The third kappa shape index (κ3) is 10.3. The molecule has 208 valence electrons. The number of amides is 1. The number of nitrogens with zero attached hydrogens (tertiary/aromatic N) is 2. The lowest BCUT2D eigenvalue weighted by molar-refractivity contribution is 0.157. The molecular formula is C26H37N5O5S2. The first-order chi connectivity index (χ1) is 18.0. The van der Waals surface area contributed by atoms with Crippen LogP contribution < -0.4 is 16.4 Å². The lowest BCUT2D eigenvalue weighted by Gasteiger charge is -2.24. The largest absolute Gasteiger partial charge is 0.444 e. The molecule has 0 unspecified atom stereocenters. The minimum absolute atomic E-state index is 0.0203. The summed E-state index contributed by atoms with van der Waals surface area (Å²) in [5.41, 5.74) is 7.66. The van der Waals surface area contributed by atoms with Crippen LogP contribution in [0.1, 0.15) is 25.8 Å². The van der Waals surface area contributed by atoms with Crippen LogP contribution in [0.5, 0.6) is 0 Å². The standard InChI is InChI=1S/C19H29N5O5S2.C7H8/c1-13(2)11-24(8-4-7-22-19(25)28-12-14(30)10-21-3)31(26,27)15-5-6-16-17(9-15)29-18(20)23-16;1-7-5-3-2-4-6-7/h5-6,9-10,13,21,30H,4,7-8,11-12H2,1-3H3,(H2,20,23)(H,22,25);2-6H,1H3/b14-10-;. The van der Waals surface area contributed by atoms with Crippen LogP contribution >= 0.6 is 12.6 Å². The molecule has 0 saturated heterocycles. The van der Waals surface area contributed by atoms with E-state index in [1.807, 2.05) is 32.0 Å². The third-order valence-electron chi connectivity index (χ3n) is 5.04. The topological polar surface area (TPSA) is 140 Å². The van der Waals surface area contributed by atoms with Gasteiger partial charge in [-0.2, -0.15) is 9.29 Å². The van der Waals surface area contributed by atoms with Gasteiger partial charge in [-0.3, -0.25) is 0 Å². The normalized spacial score (nSPS) is 11.8. The van der Waals surface area contributed by atoms with E-state index in [2.05, 4.69) is 47.3 Å². The van der Waals surface area contributed by atoms with E-state index in [9.17, 15) is 13.2 Å². The Bertz CT molecular complexity index is 1290. The van der Waals surface area contributed by atoms with E-state index in [4.69, 9.17) is 14.9 Å². The van der Waals surface area contributed by atoms with Crippen molar-refractivity contribution in [1.82, 2.24) is 19.9 Å². The summed E-state index contributed by atoms with van der Waals surface area (Å²) in [6.07, 6.45) is 1.43. The van der Waals surface area contributed by atoms with E-state index in [0.29, 0.717) is 29.0 Å². The lowest BCUT2D eigenvalue weighted by Crippen LogP contribution is -2.37. The van der Waals surface area contributed by atoms with Gasteiger partial charge in [-0.25, -0.2) is 13.2 Å². The Morgan fingerprint density at radius 3 is 2.55 bits per heavy atom. The van der Waals surface area contributed by atoms with Gasteiger partial charge in [0.2, 0.25) is 10.0 Å². The van der Waals surface area contributed by atoms with Gasteiger partial charge in [0.1, 0.15) is 12.1 Å². The number of nitrogens with one attached hydrogen (secondary N) is 2. The number of fused-ring (bicyclic) bond motifs is 1. The van der Waals surface area contributed by atoms with Crippen molar-refractivity contribution in [3.8, 4) is 0 Å². The van der Waals surface area contributed by atoms with Gasteiger partial charge >= 0.3 is 6.09 Å². The van der Waals surface area contributed by atoms with Crippen LogP contribution in [0.25, 0.3) is 11.1 Å². The maximum atomic E-state index is 13.2. The van der Waals surface area contributed by atoms with Crippen molar-refractivity contribution in [1.29, 1.82) is 0 Å². The number of benzene rings is 2. The summed E-state index contributed by atoms with van der Waals surface area (Å²) in [4.78, 5) is 16.4. The predicted molar refractivity (Wildman–Crippen MR) is 153 cm³/mol. The molecule has 2 aromatic carbocycles. The Morgan fingerprint density at radius 1 is 1.24 bits per heavy atom. The van der Waals surface area contributed by atoms with Crippen LogP contribution in [0.2, 0.25) is 0 Å². The average molecular weight is 564 g/mol. The number of aryl methyl sites for hydroxylation is 1. The van der Waals surface area contributed by atoms with Crippen molar-refractivity contribution in [2.75, 3.05) is 39.0 Å². The molecule has 4 N–H and O–H groups in total. The lowest BCUT2D eigenvalue weighted by atomic mass is 10.2. The van der Waals surface area contributed by atoms with Crippen molar-refractivity contribution in [3.63, 3.8) is 0 Å². The highest BCUT2D eigenvalue weighted by Crippen LogP contribution is 2.24. The van der Waals surface area contributed by atoms with Gasteiger partial charge in [0.15, 0.2) is 5.58 Å². The number of carbonyl (C=O) groups excluding carboxylic acids is 1. The Hall–Kier alpha value is -3.22. The molecule has 10 nitrogen and oxygen atoms in total. The van der Waals surface area contributed by atoms with Gasteiger partial charge in [-0.15, -0.1) is 12.6 Å². The Labute approximate surface area is 230 Å². The first-order valence-corrected chi connectivity index (χ1v) is 14.1. The first-order valence-electron chi connectivity index (χ1n) is 12.2. The summed E-state index contributed by atoms with van der Waals surface area (Å²) < 4.78 is 38.0. The van der Waals surface area contributed by atoms with Crippen LogP contribution in [0.3, 0.4) is 0 Å². The Morgan fingerprint density at radius 2 is 1.95 bits per heavy atom. The Balaban J connectivity index is 0.000000624. The van der Waals surface area contributed by atoms with E-state index in [-0.39, 0.29) is 36.5 Å². The summed E-state index contributed by atoms with van der Waals surface area (Å²) in [5, 5.41) is 5.39. The number of nitrogens with two attached hydrogens (primary N) is 1. The summed E-state index contributed by atoms with van der Waals surface area (Å²) in [7, 11) is -2.06. The zero-order valence-corrected chi connectivity index (χ0v) is 23.9. The van der Waals surface area contributed by atoms with Crippen LogP contribution in [-0.2, 0) is 14.8 Å². The SMILES string of the molecule is CN/C=C(\S)COC(=O)NCCCN(CC(C)C)S(=O)(=O)c1ccc2nc(N)oc2c1.Cc1ccccc1. The predicted octanol–water partition coefficient (Wildman–Crippen LogP) is 4.16. The van der Waals surface area contributed by atoms with E-state index < -0.39 is 16.1 Å². The van der Waals surface area contributed by atoms with Crippen molar-refractivity contribution < 1.29 is 22.4 Å². The van der Waals surface area contributed by atoms with Gasteiger partial charge in [0, 0.05) is 43.9 Å². The number of ether oxygens (including phenoxy) is 1. The average Bonchev–Trinajstić information content (AvgIpc) is 3.24. The molecule has 0 fully saturated rings. The molecule has 3 rings (SSSR count). The zero-order valence-electron chi connectivity index (χ0n) is 22.2. The van der Waals surface area contributed by atoms with Crippen LogP contribution in [0.4, 0.5) is 10.8 Å². The van der Waals surface area contributed by atoms with Gasteiger partial charge in [-0.1, -0.05) is 49.7 Å². The van der Waals surface area contributed by atoms with Crippen molar-refractivity contribution in [3.05, 3.63) is 65.2 Å². The molecule has 0 atom stereocenters. The number of anilines is 1.